The van der Waals surface area contributed by atoms with Gasteiger partial charge in [-0.3, -0.25) is 0 Å². The Morgan fingerprint density at radius 1 is 1.19 bits per heavy atom. The van der Waals surface area contributed by atoms with Gasteiger partial charge in [0.2, 0.25) is 0 Å². The first-order chi connectivity index (χ1) is 7.27. The molecule has 0 radical (unpaired) electrons. The van der Waals surface area contributed by atoms with Crippen LogP contribution in [0.3, 0.4) is 0 Å². The molecule has 16 heavy (non-hydrogen) atoms. The zero-order chi connectivity index (χ0) is 12.0. The minimum Gasteiger partial charge on any atom is -0.458 e. The Kier molecular flexibility index (Phi) is 2.48. The molecule has 0 fully saturated rings. The molecular weight excluding hydrogens is 200 g/mol. The van der Waals surface area contributed by atoms with E-state index in [-0.39, 0.29) is 11.4 Å². The number of carbonyl (C=O) groups is 1. The van der Waals surface area contributed by atoms with E-state index in [0.717, 1.165) is 12.0 Å². The van der Waals surface area contributed by atoms with Crippen molar-refractivity contribution >= 4 is 5.97 Å². The van der Waals surface area contributed by atoms with Gasteiger partial charge in [0.1, 0.15) is 6.61 Å². The summed E-state index contributed by atoms with van der Waals surface area (Å²) in [4.78, 5) is 11.1. The number of carbonyl (C=O) groups excluding carboxylic acids is 1. The van der Waals surface area contributed by atoms with Crippen molar-refractivity contribution in [3.8, 4) is 0 Å². The van der Waals surface area contributed by atoms with E-state index in [2.05, 4.69) is 33.8 Å². The lowest BCUT2D eigenvalue weighted by atomic mass is 9.66. The minimum atomic E-state index is -0.197. The highest BCUT2D eigenvalue weighted by Crippen LogP contribution is 2.46. The number of cyclic esters (lactones) is 1. The van der Waals surface area contributed by atoms with Crippen LogP contribution in [0.15, 0.2) is 23.3 Å². The van der Waals surface area contributed by atoms with E-state index in [1.54, 1.807) is 6.08 Å². The van der Waals surface area contributed by atoms with E-state index in [1.807, 2.05) is 0 Å². The molecule has 1 aliphatic heterocycles. The molecule has 0 saturated heterocycles. The molecule has 0 bridgehead atoms. The fourth-order valence-corrected chi connectivity index (χ4v) is 3.15. The monoisotopic (exact) mass is 220 g/mol. The highest BCUT2D eigenvalue weighted by molar-refractivity contribution is 5.86. The van der Waals surface area contributed by atoms with Gasteiger partial charge in [-0.25, -0.2) is 4.79 Å². The lowest BCUT2D eigenvalue weighted by Crippen LogP contribution is -2.27. The first kappa shape index (κ1) is 11.4. The average molecular weight is 220 g/mol. The molecule has 0 aromatic carbocycles. The predicted octanol–water partition coefficient (Wildman–Crippen LogP) is 3.24. The Labute approximate surface area is 97.4 Å². The molecular formula is C14H20O2. The van der Waals surface area contributed by atoms with Gasteiger partial charge in [0.05, 0.1) is 0 Å². The molecule has 0 saturated carbocycles. The van der Waals surface area contributed by atoms with Gasteiger partial charge in [0, 0.05) is 6.08 Å². The van der Waals surface area contributed by atoms with Crippen molar-refractivity contribution in [2.24, 2.45) is 10.8 Å². The standard InChI is InChI=1S/C14H20O2/c1-13(2)6-11(7-14(3,4)9-13)10-5-12(15)16-8-10/h5-6H,7-9H2,1-4H3. The maximum Gasteiger partial charge on any atom is 0.331 e. The Balaban J connectivity index is 2.31. The molecule has 0 aromatic rings. The summed E-state index contributed by atoms with van der Waals surface area (Å²) < 4.78 is 4.98. The normalized spacial score (nSPS) is 27.1. The quantitative estimate of drug-likeness (QED) is 0.634. The van der Waals surface area contributed by atoms with Crippen LogP contribution in [0.5, 0.6) is 0 Å². The molecule has 0 atom stereocenters. The summed E-state index contributed by atoms with van der Waals surface area (Å²) >= 11 is 0. The maximum atomic E-state index is 11.1. The maximum absolute atomic E-state index is 11.1. The molecule has 0 spiro atoms. The van der Waals surface area contributed by atoms with E-state index in [1.165, 1.54) is 12.0 Å². The SMILES string of the molecule is CC1(C)C=C(C2=CC(=O)OC2)CC(C)(C)C1. The summed E-state index contributed by atoms with van der Waals surface area (Å²) in [5.74, 6) is -0.197. The summed E-state index contributed by atoms with van der Waals surface area (Å²) in [6.45, 7) is 9.55. The van der Waals surface area contributed by atoms with Crippen molar-refractivity contribution < 1.29 is 9.53 Å². The fourth-order valence-electron chi connectivity index (χ4n) is 3.15. The molecule has 1 aliphatic carbocycles. The van der Waals surface area contributed by atoms with Gasteiger partial charge in [-0.2, -0.15) is 0 Å². The first-order valence-corrected chi connectivity index (χ1v) is 5.87. The average Bonchev–Trinajstić information content (AvgIpc) is 2.45. The molecule has 0 unspecified atom stereocenters. The minimum absolute atomic E-state index is 0.197. The van der Waals surface area contributed by atoms with Gasteiger partial charge in [-0.05, 0) is 34.8 Å². The second-order valence-corrected chi connectivity index (χ2v) is 6.45. The van der Waals surface area contributed by atoms with E-state index >= 15 is 0 Å². The molecule has 1 heterocycles. The number of ether oxygens (including phenoxy) is 1. The zero-order valence-electron chi connectivity index (χ0n) is 10.6. The number of rotatable bonds is 1. The topological polar surface area (TPSA) is 26.3 Å². The Morgan fingerprint density at radius 3 is 2.38 bits per heavy atom. The third-order valence-corrected chi connectivity index (χ3v) is 3.24. The summed E-state index contributed by atoms with van der Waals surface area (Å²) in [5, 5.41) is 0. The van der Waals surface area contributed by atoms with Gasteiger partial charge in [0.15, 0.2) is 0 Å². The predicted molar refractivity (Wildman–Crippen MR) is 63.9 cm³/mol. The van der Waals surface area contributed by atoms with Crippen LogP contribution in [-0.2, 0) is 9.53 Å². The Morgan fingerprint density at radius 2 is 1.88 bits per heavy atom. The summed E-state index contributed by atoms with van der Waals surface area (Å²) in [6, 6.07) is 0. The smallest absolute Gasteiger partial charge is 0.331 e. The van der Waals surface area contributed by atoms with Crippen molar-refractivity contribution in [3.05, 3.63) is 23.3 Å². The van der Waals surface area contributed by atoms with E-state index in [4.69, 9.17) is 4.74 Å². The van der Waals surface area contributed by atoms with Crippen LogP contribution >= 0.6 is 0 Å². The van der Waals surface area contributed by atoms with Crippen LogP contribution in [-0.4, -0.2) is 12.6 Å². The fraction of sp³-hybridized carbons (Fsp3) is 0.643. The van der Waals surface area contributed by atoms with Crippen LogP contribution in [0.1, 0.15) is 40.5 Å². The van der Waals surface area contributed by atoms with Crippen LogP contribution in [0.4, 0.5) is 0 Å². The van der Waals surface area contributed by atoms with Gasteiger partial charge in [0.25, 0.3) is 0 Å². The number of hydrogen-bond donors (Lipinski definition) is 0. The summed E-state index contributed by atoms with van der Waals surface area (Å²) in [7, 11) is 0. The van der Waals surface area contributed by atoms with Gasteiger partial charge < -0.3 is 4.74 Å². The van der Waals surface area contributed by atoms with Crippen LogP contribution in [0, 0.1) is 10.8 Å². The second-order valence-electron chi connectivity index (χ2n) is 6.45. The largest absolute Gasteiger partial charge is 0.458 e. The molecule has 0 amide bonds. The van der Waals surface area contributed by atoms with Gasteiger partial charge >= 0.3 is 5.97 Å². The van der Waals surface area contributed by atoms with Crippen molar-refractivity contribution in [2.45, 2.75) is 40.5 Å². The molecule has 0 aromatic heterocycles. The van der Waals surface area contributed by atoms with Crippen LogP contribution in [0.25, 0.3) is 0 Å². The van der Waals surface area contributed by atoms with Gasteiger partial charge in [-0.15, -0.1) is 0 Å². The molecule has 2 aliphatic rings. The highest BCUT2D eigenvalue weighted by Gasteiger charge is 2.34. The lowest BCUT2D eigenvalue weighted by Gasteiger charge is -2.39. The molecule has 0 N–H and O–H groups in total. The molecule has 88 valence electrons. The summed E-state index contributed by atoms with van der Waals surface area (Å²) in [6.07, 6.45) is 6.18. The Hall–Kier alpha value is -1.05. The number of hydrogen-bond acceptors (Lipinski definition) is 2. The lowest BCUT2D eigenvalue weighted by molar-refractivity contribution is -0.134. The first-order valence-electron chi connectivity index (χ1n) is 5.87. The van der Waals surface area contributed by atoms with E-state index < -0.39 is 0 Å². The third-order valence-electron chi connectivity index (χ3n) is 3.24. The highest BCUT2D eigenvalue weighted by atomic mass is 16.5. The van der Waals surface area contributed by atoms with Crippen LogP contribution in [0.2, 0.25) is 0 Å². The van der Waals surface area contributed by atoms with E-state index in [9.17, 15) is 4.79 Å². The molecule has 2 nitrogen and oxygen atoms in total. The molecule has 2 rings (SSSR count). The number of allylic oxidation sites excluding steroid dienone is 1. The van der Waals surface area contributed by atoms with Crippen molar-refractivity contribution in [2.75, 3.05) is 6.61 Å². The third kappa shape index (κ3) is 2.37. The zero-order valence-corrected chi connectivity index (χ0v) is 10.6. The second kappa shape index (κ2) is 3.47. The van der Waals surface area contributed by atoms with Crippen molar-refractivity contribution in [1.29, 1.82) is 0 Å². The van der Waals surface area contributed by atoms with Crippen molar-refractivity contribution in [3.63, 3.8) is 0 Å². The molecule has 2 heteroatoms. The number of esters is 1. The Bertz CT molecular complexity index is 384. The summed E-state index contributed by atoms with van der Waals surface area (Å²) in [5.41, 5.74) is 2.89. The van der Waals surface area contributed by atoms with E-state index in [0.29, 0.717) is 12.0 Å². The van der Waals surface area contributed by atoms with Crippen LogP contribution < -0.4 is 0 Å². The van der Waals surface area contributed by atoms with Crippen molar-refractivity contribution in [1.82, 2.24) is 0 Å². The van der Waals surface area contributed by atoms with Gasteiger partial charge in [-0.1, -0.05) is 33.8 Å².